The highest BCUT2D eigenvalue weighted by molar-refractivity contribution is 7.84. The van der Waals surface area contributed by atoms with Crippen molar-refractivity contribution in [2.24, 2.45) is 13.0 Å². The molecule has 0 unspecified atom stereocenters. The van der Waals surface area contributed by atoms with Crippen molar-refractivity contribution in [3.8, 4) is 0 Å². The SMILES string of the molecule is C[C@H]1[C@@H](OS(=O)(=O)NC[C@H]2O[C@@H](n3cnc4c(NC(=O)c5ccccc5)ncnc43)[C@H](F)[C@@H]2O)[C@H](n2cc(F)c3c(=O)n(C)cnc32)O[C@@H]1CO. The number of hydrogen-bond donors (Lipinski definition) is 4. The van der Waals surface area contributed by atoms with E-state index >= 15 is 4.39 Å². The number of aryl methyl sites for hydroxylation is 1. The molecule has 0 aliphatic carbocycles. The van der Waals surface area contributed by atoms with Crippen LogP contribution >= 0.6 is 0 Å². The Morgan fingerprint density at radius 1 is 1.04 bits per heavy atom. The lowest BCUT2D eigenvalue weighted by Crippen LogP contribution is -2.42. The van der Waals surface area contributed by atoms with E-state index < -0.39 is 89.7 Å². The lowest BCUT2D eigenvalue weighted by atomic mass is 10.0. The number of rotatable bonds is 10. The summed E-state index contributed by atoms with van der Waals surface area (Å²) in [6.45, 7) is 0.377. The molecule has 2 aliphatic rings. The number of carbonyl (C=O) groups is 1. The molecule has 2 aliphatic heterocycles. The molecule has 2 fully saturated rings. The monoisotopic (exact) mass is 731 g/mol. The number of imidazole rings is 1. The van der Waals surface area contributed by atoms with E-state index in [-0.39, 0.29) is 28.0 Å². The van der Waals surface area contributed by atoms with Crippen molar-refractivity contribution in [2.75, 3.05) is 18.5 Å². The van der Waals surface area contributed by atoms with E-state index in [1.165, 1.54) is 17.9 Å². The van der Waals surface area contributed by atoms with Gasteiger partial charge in [-0.3, -0.25) is 14.2 Å². The van der Waals surface area contributed by atoms with Gasteiger partial charge in [0.2, 0.25) is 0 Å². The zero-order chi connectivity index (χ0) is 36.2. The van der Waals surface area contributed by atoms with E-state index in [1.54, 1.807) is 37.3 Å². The van der Waals surface area contributed by atoms with Crippen LogP contribution in [-0.2, 0) is 31.0 Å². The molecule has 8 atom stereocenters. The minimum Gasteiger partial charge on any atom is -0.394 e. The molecule has 0 saturated carbocycles. The minimum atomic E-state index is -4.70. The highest BCUT2D eigenvalue weighted by atomic mass is 32.2. The molecule has 51 heavy (non-hydrogen) atoms. The molecule has 5 aromatic rings. The van der Waals surface area contributed by atoms with Crippen LogP contribution < -0.4 is 15.6 Å². The van der Waals surface area contributed by atoms with Gasteiger partial charge >= 0.3 is 10.3 Å². The number of fused-ring (bicyclic) bond motifs is 2. The summed E-state index contributed by atoms with van der Waals surface area (Å²) < 4.78 is 79.4. The number of nitrogens with zero attached hydrogens (tertiary/aromatic N) is 7. The first-order valence-corrected chi connectivity index (χ1v) is 17.0. The topological polar surface area (TPSA) is 227 Å². The zero-order valence-electron chi connectivity index (χ0n) is 26.8. The molecule has 270 valence electrons. The minimum absolute atomic E-state index is 0.0452. The van der Waals surface area contributed by atoms with Crippen LogP contribution in [0.4, 0.5) is 14.6 Å². The summed E-state index contributed by atoms with van der Waals surface area (Å²) in [6, 6.07) is 8.34. The maximum absolute atomic E-state index is 15.5. The number of halogens is 2. The lowest BCUT2D eigenvalue weighted by Gasteiger charge is -2.23. The first-order valence-electron chi connectivity index (χ1n) is 15.6. The number of amides is 1. The maximum atomic E-state index is 15.5. The number of nitrogens with one attached hydrogen (secondary N) is 2. The predicted molar refractivity (Wildman–Crippen MR) is 171 cm³/mol. The van der Waals surface area contributed by atoms with Crippen molar-refractivity contribution in [2.45, 2.75) is 50.0 Å². The van der Waals surface area contributed by atoms with Crippen LogP contribution in [0.25, 0.3) is 22.2 Å². The molecule has 18 nitrogen and oxygen atoms in total. The molecule has 1 amide bonds. The standard InChI is InChI=1S/C30H31F2N9O9S/c1-14-18(10-42)49-30(40-9-16(31)19-25(40)36-12-39(2)28(19)45)23(14)50-51(46,47)37-8-17-22(43)20(32)29(48-17)41-13-35-21-24(33-11-34-26(21)41)38-27(44)15-6-4-3-5-7-15/h3-7,9,11-14,17-18,20,22-23,29-30,37,42-43H,8,10H2,1-2H3,(H,33,34,38,44)/t14-,17-,18-,20-,22-,23-,29-,30-/m1/s1. The Bertz CT molecular complexity index is 2270. The maximum Gasteiger partial charge on any atom is 0.336 e. The Labute approximate surface area is 286 Å². The van der Waals surface area contributed by atoms with Crippen molar-refractivity contribution >= 4 is 44.2 Å². The van der Waals surface area contributed by atoms with Crippen LogP contribution in [0, 0.1) is 11.7 Å². The quantitative estimate of drug-likeness (QED) is 0.152. The van der Waals surface area contributed by atoms with Crippen LogP contribution in [-0.4, -0.2) is 102 Å². The molecule has 7 rings (SSSR count). The summed E-state index contributed by atoms with van der Waals surface area (Å²) in [7, 11) is -3.32. The number of aliphatic hydroxyl groups is 2. The molecule has 0 spiro atoms. The van der Waals surface area contributed by atoms with Crippen LogP contribution in [0.15, 0.2) is 60.3 Å². The smallest absolute Gasteiger partial charge is 0.336 e. The largest absolute Gasteiger partial charge is 0.394 e. The van der Waals surface area contributed by atoms with Crippen molar-refractivity contribution in [1.29, 1.82) is 0 Å². The van der Waals surface area contributed by atoms with Gasteiger partial charge in [0, 0.05) is 31.3 Å². The molecular weight excluding hydrogens is 700 g/mol. The molecule has 6 heterocycles. The molecule has 1 aromatic carbocycles. The molecule has 0 bridgehead atoms. The second kappa shape index (κ2) is 13.4. The van der Waals surface area contributed by atoms with Crippen molar-refractivity contribution in [1.82, 2.24) is 38.4 Å². The highest BCUT2D eigenvalue weighted by Gasteiger charge is 2.48. The summed E-state index contributed by atoms with van der Waals surface area (Å²) in [4.78, 5) is 41.8. The number of benzene rings is 1. The van der Waals surface area contributed by atoms with Crippen LogP contribution in [0.5, 0.6) is 0 Å². The number of carbonyl (C=O) groups excluding carboxylic acids is 1. The summed E-state index contributed by atoms with van der Waals surface area (Å²) in [5, 5.41) is 22.9. The molecule has 0 radical (unpaired) electrons. The van der Waals surface area contributed by atoms with E-state index in [0.29, 0.717) is 5.56 Å². The molecule has 4 aromatic heterocycles. The fraction of sp³-hybridized carbons (Fsp3) is 0.400. The first kappa shape index (κ1) is 34.7. The van der Waals surface area contributed by atoms with Gasteiger partial charge in [0.15, 0.2) is 47.1 Å². The summed E-state index contributed by atoms with van der Waals surface area (Å²) >= 11 is 0. The summed E-state index contributed by atoms with van der Waals surface area (Å²) in [6.07, 6.45) is -6.00. The Morgan fingerprint density at radius 3 is 2.53 bits per heavy atom. The van der Waals surface area contributed by atoms with E-state index in [4.69, 9.17) is 13.7 Å². The average molecular weight is 732 g/mol. The second-order valence-electron chi connectivity index (χ2n) is 12.1. The summed E-state index contributed by atoms with van der Waals surface area (Å²) in [5.41, 5.74) is -0.272. The lowest BCUT2D eigenvalue weighted by molar-refractivity contribution is -0.0444. The highest BCUT2D eigenvalue weighted by Crippen LogP contribution is 2.39. The van der Waals surface area contributed by atoms with Crippen molar-refractivity contribution in [3.63, 3.8) is 0 Å². The fourth-order valence-corrected chi connectivity index (χ4v) is 7.16. The number of aromatic nitrogens is 7. The molecule has 21 heteroatoms. The Kier molecular flexibility index (Phi) is 9.12. The Balaban J connectivity index is 1.06. The average Bonchev–Trinajstić information content (AvgIpc) is 3.85. The van der Waals surface area contributed by atoms with Gasteiger partial charge in [0.25, 0.3) is 11.5 Å². The van der Waals surface area contributed by atoms with E-state index in [9.17, 15) is 32.6 Å². The van der Waals surface area contributed by atoms with Crippen LogP contribution in [0.1, 0.15) is 29.7 Å². The summed E-state index contributed by atoms with van der Waals surface area (Å²) in [5.74, 6) is -2.11. The van der Waals surface area contributed by atoms with Gasteiger partial charge in [0.1, 0.15) is 30.0 Å². The van der Waals surface area contributed by atoms with Gasteiger partial charge in [0.05, 0.1) is 25.4 Å². The Hall–Kier alpha value is -4.77. The van der Waals surface area contributed by atoms with Gasteiger partial charge in [-0.15, -0.1) is 0 Å². The third-order valence-corrected chi connectivity index (χ3v) is 9.89. The van der Waals surface area contributed by atoms with Gasteiger partial charge in [-0.25, -0.2) is 32.9 Å². The number of hydrogen-bond acceptors (Lipinski definition) is 13. The van der Waals surface area contributed by atoms with Gasteiger partial charge in [-0.1, -0.05) is 25.1 Å². The van der Waals surface area contributed by atoms with Crippen LogP contribution in [0.3, 0.4) is 0 Å². The fourth-order valence-electron chi connectivity index (χ4n) is 6.16. The molecule has 2 saturated heterocycles. The number of ether oxygens (including phenoxy) is 2. The number of anilines is 1. The number of alkyl halides is 1. The predicted octanol–water partition coefficient (Wildman–Crippen LogP) is 0.308. The van der Waals surface area contributed by atoms with Crippen LogP contribution in [0.2, 0.25) is 0 Å². The first-order chi connectivity index (χ1) is 24.4. The second-order valence-corrected chi connectivity index (χ2v) is 13.5. The van der Waals surface area contributed by atoms with E-state index in [1.807, 2.05) is 0 Å². The van der Waals surface area contributed by atoms with E-state index in [2.05, 4.69) is 30.0 Å². The van der Waals surface area contributed by atoms with Crippen molar-refractivity contribution < 1.29 is 45.9 Å². The zero-order valence-corrected chi connectivity index (χ0v) is 27.6. The molecular formula is C30H31F2N9O9S. The normalized spacial score (nSPS) is 26.7. The number of aliphatic hydroxyl groups excluding tert-OH is 2. The van der Waals surface area contributed by atoms with Crippen molar-refractivity contribution in [3.05, 3.63) is 77.2 Å². The molecule has 4 N–H and O–H groups in total. The third kappa shape index (κ3) is 6.26. The third-order valence-electron chi connectivity index (χ3n) is 8.89. The van der Waals surface area contributed by atoms with E-state index in [0.717, 1.165) is 28.0 Å². The van der Waals surface area contributed by atoms with Gasteiger partial charge in [-0.05, 0) is 12.1 Å². The Morgan fingerprint density at radius 2 is 1.78 bits per heavy atom. The van der Waals surface area contributed by atoms with Gasteiger partial charge in [-0.2, -0.15) is 13.1 Å². The van der Waals surface area contributed by atoms with Gasteiger partial charge < -0.3 is 34.1 Å².